The van der Waals surface area contributed by atoms with Gasteiger partial charge >= 0.3 is 0 Å². The van der Waals surface area contributed by atoms with Crippen LogP contribution in [0.2, 0.25) is 0 Å². The number of benzene rings is 1. The van der Waals surface area contributed by atoms with Gasteiger partial charge in [0.2, 0.25) is 11.8 Å². The summed E-state index contributed by atoms with van der Waals surface area (Å²) in [4.78, 5) is 49.2. The predicted octanol–water partition coefficient (Wildman–Crippen LogP) is 5.12. The fourth-order valence-corrected chi connectivity index (χ4v) is 10.1. The van der Waals surface area contributed by atoms with Crippen LogP contribution in [0.3, 0.4) is 0 Å². The number of piperidine rings is 3. The van der Waals surface area contributed by atoms with Crippen LogP contribution >= 0.6 is 0 Å². The van der Waals surface area contributed by atoms with Gasteiger partial charge in [-0.25, -0.2) is 22.7 Å². The van der Waals surface area contributed by atoms with E-state index in [0.29, 0.717) is 37.2 Å². The standard InChI is InChI=1S/C43H54F3N13O3/c1-54(34-5-3-4-30-37(52-55(2)39(30)34)31-10-11-36(60)51-42(31)61)28-13-17-56(18-14-28)16-12-25-6-8-29(9-7-25)59-24-33(38(53-59)40(45)46)49-43(62)32-21-48-58-19-15-35(50-41(32)58)57-22-26(44)20-27(47)23-57/h3-5,15,19,21,24-29,31,40H,6-14,16-18,20,22-23,47H2,1-2H3,(H,49,62)(H,51,60,61)/t25?,26-,27-,29?,31?/m1/s1. The number of alkyl halides is 3. The lowest BCUT2D eigenvalue weighted by Crippen LogP contribution is -2.48. The van der Waals surface area contributed by atoms with E-state index in [2.05, 4.69) is 48.7 Å². The number of likely N-dealkylation sites (tertiary alicyclic amines) is 1. The molecule has 7 heterocycles. The highest BCUT2D eigenvalue weighted by molar-refractivity contribution is 6.08. The second-order valence-corrected chi connectivity index (χ2v) is 17.6. The number of aryl methyl sites for hydroxylation is 1. The first-order chi connectivity index (χ1) is 29.9. The van der Waals surface area contributed by atoms with Crippen LogP contribution in [0.1, 0.15) is 104 Å². The lowest BCUT2D eigenvalue weighted by atomic mass is 9.84. The molecule has 5 aromatic rings. The maximum atomic E-state index is 14.3. The average molecular weight is 858 g/mol. The molecule has 19 heteroatoms. The first-order valence-electron chi connectivity index (χ1n) is 21.8. The van der Waals surface area contributed by atoms with Gasteiger partial charge in [0.1, 0.15) is 17.6 Å². The van der Waals surface area contributed by atoms with Crippen molar-refractivity contribution in [3.05, 3.63) is 59.8 Å². The number of fused-ring (bicyclic) bond motifs is 2. The van der Waals surface area contributed by atoms with Crippen molar-refractivity contribution in [1.29, 1.82) is 0 Å². The van der Waals surface area contributed by atoms with Crippen LogP contribution in [-0.4, -0.2) is 115 Å². The van der Waals surface area contributed by atoms with Crippen molar-refractivity contribution >= 4 is 51.5 Å². The van der Waals surface area contributed by atoms with Crippen LogP contribution in [0.15, 0.2) is 42.9 Å². The second-order valence-electron chi connectivity index (χ2n) is 17.6. The minimum atomic E-state index is -2.89. The van der Waals surface area contributed by atoms with Gasteiger partial charge < -0.3 is 25.8 Å². The number of nitrogens with one attached hydrogen (secondary N) is 2. The Morgan fingerprint density at radius 3 is 2.58 bits per heavy atom. The van der Waals surface area contributed by atoms with Gasteiger partial charge in [-0.15, -0.1) is 0 Å². The van der Waals surface area contributed by atoms with Crippen molar-refractivity contribution in [3.8, 4) is 0 Å². The van der Waals surface area contributed by atoms with Crippen molar-refractivity contribution in [1.82, 2.24) is 44.4 Å². The summed E-state index contributed by atoms with van der Waals surface area (Å²) in [5.41, 5.74) is 8.61. The lowest BCUT2D eigenvalue weighted by molar-refractivity contribution is -0.134. The number of nitrogens with two attached hydrogens (primary N) is 1. The zero-order chi connectivity index (χ0) is 43.2. The van der Waals surface area contributed by atoms with Crippen LogP contribution in [0.4, 0.5) is 30.4 Å². The van der Waals surface area contributed by atoms with Crippen LogP contribution in [0.5, 0.6) is 0 Å². The number of halogens is 3. The molecule has 1 aromatic carbocycles. The van der Waals surface area contributed by atoms with Gasteiger partial charge in [0, 0.05) is 70.0 Å². The summed E-state index contributed by atoms with van der Waals surface area (Å²) < 4.78 is 47.8. The molecule has 4 N–H and O–H groups in total. The summed E-state index contributed by atoms with van der Waals surface area (Å²) in [6.07, 6.45) is 8.18. The molecular weight excluding hydrogens is 804 g/mol. The topological polar surface area (TPSA) is 177 Å². The van der Waals surface area contributed by atoms with Crippen molar-refractivity contribution in [2.24, 2.45) is 18.7 Å². The van der Waals surface area contributed by atoms with E-state index < -0.39 is 30.1 Å². The number of anilines is 3. The number of carbonyl (C=O) groups is 3. The number of imide groups is 1. The maximum absolute atomic E-state index is 14.3. The van der Waals surface area contributed by atoms with Gasteiger partial charge in [-0.2, -0.15) is 15.3 Å². The van der Waals surface area contributed by atoms with Gasteiger partial charge in [-0.05, 0) is 82.4 Å². The number of para-hydroxylation sites is 1. The Bertz CT molecular complexity index is 2440. The summed E-state index contributed by atoms with van der Waals surface area (Å²) in [6.45, 7) is 3.54. The summed E-state index contributed by atoms with van der Waals surface area (Å²) in [5.74, 6) is -0.628. The highest BCUT2D eigenvalue weighted by atomic mass is 19.3. The molecule has 0 radical (unpaired) electrons. The minimum absolute atomic E-state index is 0.0482. The molecule has 1 saturated carbocycles. The number of nitrogens with zero attached hydrogens (tertiary/aromatic N) is 10. The molecule has 3 atom stereocenters. The van der Waals surface area contributed by atoms with E-state index in [4.69, 9.17) is 10.8 Å². The molecule has 0 bridgehead atoms. The van der Waals surface area contributed by atoms with E-state index in [0.717, 1.165) is 86.9 Å². The van der Waals surface area contributed by atoms with Crippen molar-refractivity contribution in [3.63, 3.8) is 0 Å². The Hall–Kier alpha value is -5.56. The molecule has 1 aliphatic carbocycles. The fraction of sp³-hybridized carbons (Fsp3) is 0.558. The van der Waals surface area contributed by atoms with Crippen LogP contribution < -0.4 is 26.2 Å². The molecule has 62 heavy (non-hydrogen) atoms. The van der Waals surface area contributed by atoms with E-state index in [1.807, 2.05) is 23.9 Å². The summed E-state index contributed by atoms with van der Waals surface area (Å²) >= 11 is 0. The first kappa shape index (κ1) is 41.8. The SMILES string of the molecule is CN(c1cccc2c(C3CCC(=O)NC3=O)nn(C)c12)C1CCN(CCC2CCC(n3cc(NC(=O)c4cnn5ccc(N6C[C@H](N)C[C@@H](F)C6)nc45)c(C(F)F)n3)CC2)CC1. The molecule has 4 aliphatic rings. The first-order valence-corrected chi connectivity index (χ1v) is 21.8. The summed E-state index contributed by atoms with van der Waals surface area (Å²) in [7, 11) is 4.05. The zero-order valence-electron chi connectivity index (χ0n) is 35.1. The highest BCUT2D eigenvalue weighted by Crippen LogP contribution is 2.38. The van der Waals surface area contributed by atoms with E-state index in [1.165, 1.54) is 16.9 Å². The van der Waals surface area contributed by atoms with Crippen LogP contribution in [0, 0.1) is 5.92 Å². The van der Waals surface area contributed by atoms with Crippen LogP contribution in [-0.2, 0) is 16.6 Å². The van der Waals surface area contributed by atoms with E-state index in [9.17, 15) is 27.6 Å². The third-order valence-electron chi connectivity index (χ3n) is 13.5. The molecule has 3 amide bonds. The molecule has 330 valence electrons. The molecule has 1 unspecified atom stereocenters. The molecule has 16 nitrogen and oxygen atoms in total. The van der Waals surface area contributed by atoms with Gasteiger partial charge in [0.15, 0.2) is 11.3 Å². The van der Waals surface area contributed by atoms with Crippen molar-refractivity contribution in [2.75, 3.05) is 54.9 Å². The number of amides is 3. The molecule has 3 aliphatic heterocycles. The largest absolute Gasteiger partial charge is 0.370 e. The normalized spacial score (nSPS) is 24.3. The molecule has 4 fully saturated rings. The number of rotatable bonds is 11. The third kappa shape index (κ3) is 8.35. The van der Waals surface area contributed by atoms with Crippen molar-refractivity contribution < 1.29 is 27.6 Å². The Morgan fingerprint density at radius 1 is 1.05 bits per heavy atom. The van der Waals surface area contributed by atoms with Gasteiger partial charge in [0.05, 0.1) is 47.3 Å². The highest BCUT2D eigenvalue weighted by Gasteiger charge is 2.34. The van der Waals surface area contributed by atoms with E-state index >= 15 is 0 Å². The molecule has 9 rings (SSSR count). The molecular formula is C43H54F3N13O3. The van der Waals surface area contributed by atoms with E-state index in [1.54, 1.807) is 21.8 Å². The van der Waals surface area contributed by atoms with E-state index in [-0.39, 0.29) is 53.8 Å². The lowest BCUT2D eigenvalue weighted by Gasteiger charge is -2.39. The summed E-state index contributed by atoms with van der Waals surface area (Å²) in [6, 6.07) is 7.78. The van der Waals surface area contributed by atoms with Gasteiger partial charge in [0.25, 0.3) is 12.3 Å². The Balaban J connectivity index is 0.771. The van der Waals surface area contributed by atoms with Crippen molar-refractivity contribution in [2.45, 2.75) is 101 Å². The molecule has 4 aromatic heterocycles. The molecule has 0 spiro atoms. The Labute approximate surface area is 356 Å². The zero-order valence-corrected chi connectivity index (χ0v) is 35.1. The minimum Gasteiger partial charge on any atom is -0.370 e. The number of aromatic nitrogens is 7. The number of carbonyl (C=O) groups excluding carboxylic acids is 3. The van der Waals surface area contributed by atoms with Gasteiger partial charge in [-0.1, -0.05) is 12.1 Å². The molecule has 3 saturated heterocycles. The fourth-order valence-electron chi connectivity index (χ4n) is 10.1. The quantitative estimate of drug-likeness (QED) is 0.150. The summed E-state index contributed by atoms with van der Waals surface area (Å²) in [5, 5.41) is 19.3. The monoisotopic (exact) mass is 857 g/mol. The smallest absolute Gasteiger partial charge is 0.284 e. The van der Waals surface area contributed by atoms with Crippen LogP contribution in [0.25, 0.3) is 16.6 Å². The number of hydrogen-bond donors (Lipinski definition) is 3. The predicted molar refractivity (Wildman–Crippen MR) is 227 cm³/mol. The van der Waals surface area contributed by atoms with Gasteiger partial charge in [-0.3, -0.25) is 29.1 Å². The number of hydrogen-bond acceptors (Lipinski definition) is 11. The Morgan fingerprint density at radius 2 is 1.84 bits per heavy atom. The average Bonchev–Trinajstić information content (AvgIpc) is 3.98. The third-order valence-corrected chi connectivity index (χ3v) is 13.5. The maximum Gasteiger partial charge on any atom is 0.284 e. The second kappa shape index (κ2) is 17.3. The Kier molecular flexibility index (Phi) is 11.7.